The van der Waals surface area contributed by atoms with Crippen LogP contribution in [-0.2, 0) is 11.2 Å². The summed E-state index contributed by atoms with van der Waals surface area (Å²) in [5, 5.41) is 4.81. The first-order chi connectivity index (χ1) is 4.77. The topological polar surface area (TPSA) is 34.9 Å². The first-order valence-corrected chi connectivity index (χ1v) is 4.04. The number of nitrogens with zero attached hydrogens (tertiary/aromatic N) is 2. The van der Waals surface area contributed by atoms with Gasteiger partial charge in [0.15, 0.2) is 3.95 Å². The number of rotatable bonds is 2. The van der Waals surface area contributed by atoms with Crippen molar-refractivity contribution >= 4 is 30.0 Å². The quantitative estimate of drug-likeness (QED) is 0.500. The molecule has 0 saturated heterocycles. The predicted molar refractivity (Wildman–Crippen MR) is 42.5 cm³/mol. The van der Waals surface area contributed by atoms with Crippen molar-refractivity contribution in [1.82, 2.24) is 9.78 Å². The summed E-state index contributed by atoms with van der Waals surface area (Å²) in [6.07, 6.45) is 1.45. The lowest BCUT2D eigenvalue weighted by Crippen LogP contribution is -1.96. The number of hydrogen-bond donors (Lipinski definition) is 0. The van der Waals surface area contributed by atoms with Crippen molar-refractivity contribution in [1.29, 1.82) is 0 Å². The second-order valence-electron chi connectivity index (χ2n) is 1.67. The molecule has 0 aromatic carbocycles. The Balaban J connectivity index is 3.16. The summed E-state index contributed by atoms with van der Waals surface area (Å²) in [5.41, 5.74) is 0. The van der Waals surface area contributed by atoms with Gasteiger partial charge >= 0.3 is 0 Å². The third kappa shape index (κ3) is 1.30. The molecule has 10 heavy (non-hydrogen) atoms. The second kappa shape index (κ2) is 3.03. The van der Waals surface area contributed by atoms with Crippen molar-refractivity contribution in [3.05, 3.63) is 8.96 Å². The van der Waals surface area contributed by atoms with E-state index in [-0.39, 0.29) is 0 Å². The highest BCUT2D eigenvalue weighted by Gasteiger charge is 1.97. The van der Waals surface area contributed by atoms with Crippen LogP contribution < -0.4 is 0 Å². The third-order valence-electron chi connectivity index (χ3n) is 1.01. The molecule has 0 aliphatic heterocycles. The molecule has 0 aliphatic rings. The van der Waals surface area contributed by atoms with E-state index in [2.05, 4.69) is 5.10 Å². The van der Waals surface area contributed by atoms with Crippen LogP contribution in [0.1, 0.15) is 11.9 Å². The average molecular weight is 174 g/mol. The highest BCUT2D eigenvalue weighted by Crippen LogP contribution is 2.06. The number of aryl methyl sites for hydroxylation is 1. The van der Waals surface area contributed by atoms with E-state index in [9.17, 15) is 4.79 Å². The Morgan fingerprint density at radius 1 is 1.90 bits per heavy atom. The standard InChI is InChI=1S/C5H6N2OS2/c1-2-4-6-7(3-8)5(9)10-4/h3H,2H2,1H3. The molecule has 0 bridgehead atoms. The summed E-state index contributed by atoms with van der Waals surface area (Å²) in [4.78, 5) is 10.2. The molecule has 0 aliphatic carbocycles. The zero-order valence-corrected chi connectivity index (χ0v) is 7.04. The Labute approximate surface area is 67.3 Å². The van der Waals surface area contributed by atoms with Crippen molar-refractivity contribution in [3.63, 3.8) is 0 Å². The van der Waals surface area contributed by atoms with E-state index < -0.39 is 0 Å². The van der Waals surface area contributed by atoms with E-state index in [0.29, 0.717) is 10.4 Å². The average Bonchev–Trinajstić information content (AvgIpc) is 2.30. The molecule has 1 rings (SSSR count). The summed E-state index contributed by atoms with van der Waals surface area (Å²) in [7, 11) is 0. The molecule has 0 spiro atoms. The molecule has 3 nitrogen and oxygen atoms in total. The van der Waals surface area contributed by atoms with Crippen LogP contribution in [0.3, 0.4) is 0 Å². The SMILES string of the molecule is CCc1nn(C=O)c(=S)s1. The molecule has 1 aromatic heterocycles. The Hall–Kier alpha value is -0.550. The fraction of sp³-hybridized carbons (Fsp3) is 0.400. The van der Waals surface area contributed by atoms with Gasteiger partial charge in [-0.25, -0.2) is 0 Å². The molecule has 54 valence electrons. The van der Waals surface area contributed by atoms with Gasteiger partial charge in [0.25, 0.3) is 0 Å². The van der Waals surface area contributed by atoms with Crippen LogP contribution in [0, 0.1) is 3.95 Å². The summed E-state index contributed by atoms with van der Waals surface area (Å²) in [6.45, 7) is 1.97. The molecule has 5 heteroatoms. The summed E-state index contributed by atoms with van der Waals surface area (Å²) in [6, 6.07) is 0. The zero-order valence-electron chi connectivity index (χ0n) is 5.40. The van der Waals surface area contributed by atoms with Crippen LogP contribution in [0.2, 0.25) is 0 Å². The van der Waals surface area contributed by atoms with Crippen LogP contribution in [0.15, 0.2) is 0 Å². The molecule has 1 heterocycles. The van der Waals surface area contributed by atoms with Crippen molar-refractivity contribution in [2.75, 3.05) is 0 Å². The Kier molecular flexibility index (Phi) is 2.29. The molecule has 0 amide bonds. The molecular formula is C5H6N2OS2. The minimum Gasteiger partial charge on any atom is -0.276 e. The maximum Gasteiger partial charge on any atom is 0.236 e. The summed E-state index contributed by atoms with van der Waals surface area (Å²) in [5.74, 6) is 0. The Morgan fingerprint density at radius 3 is 2.90 bits per heavy atom. The van der Waals surface area contributed by atoms with Gasteiger partial charge < -0.3 is 0 Å². The third-order valence-corrected chi connectivity index (χ3v) is 2.42. The van der Waals surface area contributed by atoms with Gasteiger partial charge in [-0.3, -0.25) is 4.79 Å². The van der Waals surface area contributed by atoms with Crippen LogP contribution in [0.4, 0.5) is 0 Å². The fourth-order valence-electron chi connectivity index (χ4n) is 0.538. The fourth-order valence-corrected chi connectivity index (χ4v) is 1.56. The summed E-state index contributed by atoms with van der Waals surface area (Å²) < 4.78 is 1.70. The highest BCUT2D eigenvalue weighted by atomic mass is 32.1. The van der Waals surface area contributed by atoms with Crippen LogP contribution in [0.25, 0.3) is 0 Å². The van der Waals surface area contributed by atoms with Crippen LogP contribution >= 0.6 is 23.6 Å². The highest BCUT2D eigenvalue weighted by molar-refractivity contribution is 7.73. The van der Waals surface area contributed by atoms with Gasteiger partial charge in [-0.05, 0) is 18.6 Å². The Bertz CT molecular complexity index is 288. The van der Waals surface area contributed by atoms with Crippen LogP contribution in [0.5, 0.6) is 0 Å². The summed E-state index contributed by atoms with van der Waals surface area (Å²) >= 11 is 6.20. The second-order valence-corrected chi connectivity index (χ2v) is 3.37. The lowest BCUT2D eigenvalue weighted by Gasteiger charge is -1.81. The normalized spacial score (nSPS) is 9.70. The maximum absolute atomic E-state index is 10.2. The van der Waals surface area contributed by atoms with Gasteiger partial charge in [-0.1, -0.05) is 18.3 Å². The molecule has 0 N–H and O–H groups in total. The van der Waals surface area contributed by atoms with E-state index in [1.807, 2.05) is 6.92 Å². The lowest BCUT2D eigenvalue weighted by molar-refractivity contribution is 0.539. The minimum atomic E-state index is 0.520. The van der Waals surface area contributed by atoms with Gasteiger partial charge in [0.1, 0.15) is 5.01 Å². The monoisotopic (exact) mass is 174 g/mol. The molecule has 0 fully saturated rings. The van der Waals surface area contributed by atoms with E-state index >= 15 is 0 Å². The van der Waals surface area contributed by atoms with E-state index in [1.54, 1.807) is 0 Å². The molecule has 0 unspecified atom stereocenters. The molecular weight excluding hydrogens is 168 g/mol. The van der Waals surface area contributed by atoms with Gasteiger partial charge in [0.2, 0.25) is 6.41 Å². The predicted octanol–water partition coefficient (Wildman–Crippen LogP) is 1.27. The van der Waals surface area contributed by atoms with E-state index in [0.717, 1.165) is 11.4 Å². The molecule has 1 aromatic rings. The van der Waals surface area contributed by atoms with Crippen molar-refractivity contribution in [3.8, 4) is 0 Å². The van der Waals surface area contributed by atoms with Crippen molar-refractivity contribution in [2.24, 2.45) is 0 Å². The van der Waals surface area contributed by atoms with Crippen molar-refractivity contribution < 1.29 is 4.79 Å². The first-order valence-electron chi connectivity index (χ1n) is 2.81. The lowest BCUT2D eigenvalue weighted by atomic mass is 10.5. The molecule has 0 saturated carbocycles. The van der Waals surface area contributed by atoms with Gasteiger partial charge in [-0.15, -0.1) is 0 Å². The maximum atomic E-state index is 10.2. The number of aromatic nitrogens is 2. The first kappa shape index (κ1) is 7.56. The number of carbonyl (C=O) groups excluding carboxylic acids is 1. The van der Waals surface area contributed by atoms with E-state index in [4.69, 9.17) is 12.2 Å². The number of hydrogen-bond acceptors (Lipinski definition) is 4. The molecule has 0 radical (unpaired) electrons. The van der Waals surface area contributed by atoms with E-state index in [1.165, 1.54) is 16.0 Å². The molecule has 0 atom stereocenters. The largest absolute Gasteiger partial charge is 0.276 e. The van der Waals surface area contributed by atoms with Crippen molar-refractivity contribution in [2.45, 2.75) is 13.3 Å². The smallest absolute Gasteiger partial charge is 0.236 e. The number of carbonyl (C=O) groups is 1. The van der Waals surface area contributed by atoms with Gasteiger partial charge in [-0.2, -0.15) is 9.78 Å². The zero-order chi connectivity index (χ0) is 7.56. The minimum absolute atomic E-state index is 0.520. The van der Waals surface area contributed by atoms with Gasteiger partial charge in [0.05, 0.1) is 0 Å². The Morgan fingerprint density at radius 2 is 2.60 bits per heavy atom. The van der Waals surface area contributed by atoms with Crippen LogP contribution in [-0.4, -0.2) is 16.2 Å². The van der Waals surface area contributed by atoms with Gasteiger partial charge in [0, 0.05) is 0 Å².